The van der Waals surface area contributed by atoms with Crippen LogP contribution in [0.25, 0.3) is 0 Å². The third-order valence-corrected chi connectivity index (χ3v) is 7.16. The summed E-state index contributed by atoms with van der Waals surface area (Å²) >= 11 is 0. The summed E-state index contributed by atoms with van der Waals surface area (Å²) in [6.45, 7) is 2.89. The van der Waals surface area contributed by atoms with Crippen LogP contribution in [0.5, 0.6) is 0 Å². The molecule has 0 unspecified atom stereocenters. The van der Waals surface area contributed by atoms with Crippen molar-refractivity contribution in [1.29, 1.82) is 0 Å². The molecule has 2 aromatic rings. The number of carbonyl (C=O) groups excluding carboxylic acids is 3. The van der Waals surface area contributed by atoms with Crippen molar-refractivity contribution in [3.05, 3.63) is 46.8 Å². The maximum atomic E-state index is 12.8. The molecule has 3 amide bonds. The fraction of sp³-hybridized carbons (Fsp3) is 0.500. The van der Waals surface area contributed by atoms with E-state index in [0.29, 0.717) is 30.0 Å². The number of piperidine rings is 1. The summed E-state index contributed by atoms with van der Waals surface area (Å²) in [5, 5.41) is 9.80. The number of aryl methyl sites for hydroxylation is 1. The van der Waals surface area contributed by atoms with Crippen molar-refractivity contribution < 1.29 is 18.9 Å². The number of nitrogens with zero attached hydrogens (tertiary/aromatic N) is 2. The van der Waals surface area contributed by atoms with Gasteiger partial charge in [-0.05, 0) is 62.3 Å². The summed E-state index contributed by atoms with van der Waals surface area (Å²) in [7, 11) is 0. The number of hydrogen-bond donors (Lipinski definition) is 2. The van der Waals surface area contributed by atoms with Crippen molar-refractivity contribution in [2.75, 3.05) is 18.4 Å². The van der Waals surface area contributed by atoms with E-state index in [2.05, 4.69) is 15.8 Å². The molecule has 32 heavy (non-hydrogen) atoms. The summed E-state index contributed by atoms with van der Waals surface area (Å²) in [6.07, 6.45) is 7.30. The van der Waals surface area contributed by atoms with Crippen LogP contribution in [-0.4, -0.2) is 46.9 Å². The monoisotopic (exact) mass is 436 g/mol. The van der Waals surface area contributed by atoms with Crippen molar-refractivity contribution in [3.63, 3.8) is 0 Å². The van der Waals surface area contributed by atoms with Crippen LogP contribution in [-0.2, 0) is 4.79 Å². The van der Waals surface area contributed by atoms with Crippen LogP contribution >= 0.6 is 0 Å². The number of nitrogens with one attached hydrogen (secondary N) is 2. The lowest BCUT2D eigenvalue weighted by atomic mass is 9.80. The molecule has 1 aliphatic carbocycles. The van der Waals surface area contributed by atoms with Gasteiger partial charge in [0.25, 0.3) is 11.8 Å². The molecule has 2 fully saturated rings. The normalized spacial score (nSPS) is 21.5. The highest BCUT2D eigenvalue weighted by Gasteiger charge is 2.39. The summed E-state index contributed by atoms with van der Waals surface area (Å²) < 4.78 is 5.02. The average molecular weight is 437 g/mol. The van der Waals surface area contributed by atoms with E-state index >= 15 is 0 Å². The molecule has 8 nitrogen and oxygen atoms in total. The van der Waals surface area contributed by atoms with Gasteiger partial charge in [0.2, 0.25) is 5.91 Å². The summed E-state index contributed by atoms with van der Waals surface area (Å²) in [5.41, 5.74) is 2.78. The van der Waals surface area contributed by atoms with Gasteiger partial charge in [-0.25, -0.2) is 0 Å². The molecule has 3 heterocycles. The first-order valence-electron chi connectivity index (χ1n) is 11.5. The molecule has 1 aromatic heterocycles. The molecule has 0 radical (unpaired) electrons. The number of aromatic nitrogens is 1. The number of benzene rings is 1. The number of likely N-dealkylation sites (tertiary alicyclic amines) is 1. The third-order valence-electron chi connectivity index (χ3n) is 7.16. The predicted molar refractivity (Wildman–Crippen MR) is 117 cm³/mol. The minimum Gasteiger partial charge on any atom is -0.361 e. The van der Waals surface area contributed by atoms with Crippen molar-refractivity contribution in [1.82, 2.24) is 15.4 Å². The molecule has 1 saturated carbocycles. The minimum absolute atomic E-state index is 0.0204. The average Bonchev–Trinajstić information content (AvgIpc) is 3.53. The lowest BCUT2D eigenvalue weighted by molar-refractivity contribution is -0.118. The van der Waals surface area contributed by atoms with E-state index in [0.717, 1.165) is 49.8 Å². The maximum Gasteiger partial charge on any atom is 0.259 e. The van der Waals surface area contributed by atoms with Crippen LogP contribution in [0.15, 0.2) is 28.9 Å². The smallest absolute Gasteiger partial charge is 0.259 e. The van der Waals surface area contributed by atoms with E-state index in [4.69, 9.17) is 4.52 Å². The number of amides is 3. The first-order valence-corrected chi connectivity index (χ1v) is 11.5. The molecule has 1 aromatic carbocycles. The molecule has 2 aliphatic heterocycles. The molecule has 1 saturated heterocycles. The number of hydrogen-bond acceptors (Lipinski definition) is 5. The molecule has 168 valence electrons. The van der Waals surface area contributed by atoms with Gasteiger partial charge in [0.05, 0.1) is 12.1 Å². The standard InChI is InChI=1S/C24H28N4O4/c1-14-19(13-25-32-14)24(31)28-10-8-15(9-11-28)21-18-12-16(6-7-20(18)27-23(21)30)22(29)26-17-4-2-3-5-17/h6-7,12-13,15,17,21H,2-5,8-11H2,1H3,(H,26,29)(H,27,30)/t21-/m0/s1. The van der Waals surface area contributed by atoms with Gasteiger partial charge < -0.3 is 20.1 Å². The Bertz CT molecular complexity index is 1050. The highest BCUT2D eigenvalue weighted by atomic mass is 16.5. The van der Waals surface area contributed by atoms with Gasteiger partial charge in [0.15, 0.2) is 0 Å². The van der Waals surface area contributed by atoms with Crippen LogP contribution in [0.1, 0.15) is 76.5 Å². The Morgan fingerprint density at radius 1 is 1.16 bits per heavy atom. The Labute approximate surface area is 186 Å². The zero-order valence-electron chi connectivity index (χ0n) is 18.2. The lowest BCUT2D eigenvalue weighted by Crippen LogP contribution is -2.40. The lowest BCUT2D eigenvalue weighted by Gasteiger charge is -2.34. The van der Waals surface area contributed by atoms with Gasteiger partial charge in [-0.2, -0.15) is 0 Å². The quantitative estimate of drug-likeness (QED) is 0.766. The zero-order valence-corrected chi connectivity index (χ0v) is 18.2. The Morgan fingerprint density at radius 3 is 2.59 bits per heavy atom. The first kappa shape index (κ1) is 20.7. The fourth-order valence-electron chi connectivity index (χ4n) is 5.34. The van der Waals surface area contributed by atoms with E-state index in [1.54, 1.807) is 17.9 Å². The summed E-state index contributed by atoms with van der Waals surface area (Å²) in [5.74, 6) is 0.181. The molecule has 3 aliphatic rings. The van der Waals surface area contributed by atoms with Crippen molar-refractivity contribution in [3.8, 4) is 0 Å². The van der Waals surface area contributed by atoms with Gasteiger partial charge in [0.1, 0.15) is 11.3 Å². The SMILES string of the molecule is Cc1oncc1C(=O)N1CCC([C@@H]2C(=O)Nc3ccc(C(=O)NC4CCCC4)cc32)CC1. The maximum absolute atomic E-state index is 12.8. The molecule has 2 N–H and O–H groups in total. The second-order valence-corrected chi connectivity index (χ2v) is 9.15. The van der Waals surface area contributed by atoms with Gasteiger partial charge >= 0.3 is 0 Å². The second-order valence-electron chi connectivity index (χ2n) is 9.15. The molecule has 0 spiro atoms. The highest BCUT2D eigenvalue weighted by molar-refractivity contribution is 6.05. The van der Waals surface area contributed by atoms with E-state index in [1.807, 2.05) is 12.1 Å². The second kappa shape index (κ2) is 8.41. The first-order chi connectivity index (χ1) is 15.5. The van der Waals surface area contributed by atoms with Crippen LogP contribution in [0.3, 0.4) is 0 Å². The summed E-state index contributed by atoms with van der Waals surface area (Å²) in [6, 6.07) is 5.75. The Morgan fingerprint density at radius 2 is 1.91 bits per heavy atom. The van der Waals surface area contributed by atoms with E-state index in [9.17, 15) is 14.4 Å². The van der Waals surface area contributed by atoms with Crippen LogP contribution in [0, 0.1) is 12.8 Å². The Hall–Kier alpha value is -3.16. The molecule has 5 rings (SSSR count). The van der Waals surface area contributed by atoms with E-state index in [-0.39, 0.29) is 35.6 Å². The Balaban J connectivity index is 1.28. The predicted octanol–water partition coefficient (Wildman–Crippen LogP) is 3.24. The molecular formula is C24H28N4O4. The van der Waals surface area contributed by atoms with Crippen molar-refractivity contribution >= 4 is 23.4 Å². The topological polar surface area (TPSA) is 105 Å². The number of rotatable bonds is 4. The third kappa shape index (κ3) is 3.78. The van der Waals surface area contributed by atoms with Crippen molar-refractivity contribution in [2.24, 2.45) is 5.92 Å². The van der Waals surface area contributed by atoms with Gasteiger partial charge in [0, 0.05) is 30.4 Å². The van der Waals surface area contributed by atoms with E-state index in [1.165, 1.54) is 6.20 Å². The van der Waals surface area contributed by atoms with Crippen LogP contribution in [0.4, 0.5) is 5.69 Å². The van der Waals surface area contributed by atoms with Gasteiger partial charge in [-0.1, -0.05) is 18.0 Å². The van der Waals surface area contributed by atoms with Crippen molar-refractivity contribution in [2.45, 2.75) is 57.4 Å². The zero-order chi connectivity index (χ0) is 22.2. The molecule has 8 heteroatoms. The largest absolute Gasteiger partial charge is 0.361 e. The minimum atomic E-state index is -0.293. The molecular weight excluding hydrogens is 408 g/mol. The van der Waals surface area contributed by atoms with Gasteiger partial charge in [-0.15, -0.1) is 0 Å². The number of anilines is 1. The number of fused-ring (bicyclic) bond motifs is 1. The number of carbonyl (C=O) groups is 3. The highest BCUT2D eigenvalue weighted by Crippen LogP contribution is 2.42. The summed E-state index contributed by atoms with van der Waals surface area (Å²) in [4.78, 5) is 40.1. The van der Waals surface area contributed by atoms with Crippen LogP contribution < -0.4 is 10.6 Å². The molecule has 0 bridgehead atoms. The Kier molecular flexibility index (Phi) is 5.45. The fourth-order valence-corrected chi connectivity index (χ4v) is 5.34. The van der Waals surface area contributed by atoms with E-state index < -0.39 is 0 Å². The molecule has 1 atom stereocenters. The van der Waals surface area contributed by atoms with Gasteiger partial charge in [-0.3, -0.25) is 14.4 Å². The van der Waals surface area contributed by atoms with Crippen LogP contribution in [0.2, 0.25) is 0 Å².